The molecule has 6 N–H and O–H groups in total. The Kier molecular flexibility index (Phi) is 3.35. The lowest BCUT2D eigenvalue weighted by molar-refractivity contribution is -0.142. The quantitative estimate of drug-likeness (QED) is 0.338. The summed E-state index contributed by atoms with van der Waals surface area (Å²) in [7, 11) is 0. The van der Waals surface area contributed by atoms with Gasteiger partial charge in [0.25, 0.3) is 0 Å². The van der Waals surface area contributed by atoms with E-state index in [2.05, 4.69) is 0 Å². The van der Waals surface area contributed by atoms with Crippen LogP contribution in [0.1, 0.15) is 10.4 Å². The van der Waals surface area contributed by atoms with Gasteiger partial charge in [-0.3, -0.25) is 4.79 Å². The van der Waals surface area contributed by atoms with E-state index in [1.807, 2.05) is 0 Å². The second kappa shape index (κ2) is 4.40. The van der Waals surface area contributed by atoms with Gasteiger partial charge in [0.05, 0.1) is 12.2 Å². The molecular formula is C10H11NO6. The molecule has 1 atom stereocenters. The first-order chi connectivity index (χ1) is 7.82. The van der Waals surface area contributed by atoms with E-state index in [0.29, 0.717) is 0 Å². The minimum absolute atomic E-state index is 0.291. The Morgan fingerprint density at radius 3 is 2.29 bits per heavy atom. The van der Waals surface area contributed by atoms with Crippen LogP contribution in [0.2, 0.25) is 0 Å². The van der Waals surface area contributed by atoms with Crippen molar-refractivity contribution in [2.24, 2.45) is 5.73 Å². The number of aromatic hydroxyl groups is 2. The number of rotatable bonds is 4. The molecule has 0 radical (unpaired) electrons. The normalized spacial score (nSPS) is 14.0. The lowest BCUT2D eigenvalue weighted by atomic mass is 9.90. The van der Waals surface area contributed by atoms with E-state index in [1.165, 1.54) is 0 Å². The highest BCUT2D eigenvalue weighted by atomic mass is 16.4. The fourth-order valence-corrected chi connectivity index (χ4v) is 1.19. The maximum atomic E-state index is 11.8. The third kappa shape index (κ3) is 2.19. The van der Waals surface area contributed by atoms with Crippen molar-refractivity contribution in [1.29, 1.82) is 0 Å². The molecule has 7 heteroatoms. The average Bonchev–Trinajstić information content (AvgIpc) is 2.26. The van der Waals surface area contributed by atoms with Gasteiger partial charge in [-0.1, -0.05) is 0 Å². The Bertz CT molecular complexity index is 472. The van der Waals surface area contributed by atoms with Gasteiger partial charge in [0.2, 0.25) is 5.54 Å². The topological polar surface area (TPSA) is 141 Å². The molecule has 0 aromatic heterocycles. The monoisotopic (exact) mass is 241 g/mol. The molecule has 0 bridgehead atoms. The van der Waals surface area contributed by atoms with Gasteiger partial charge in [0, 0.05) is 6.07 Å². The summed E-state index contributed by atoms with van der Waals surface area (Å²) in [5, 5.41) is 36.1. The van der Waals surface area contributed by atoms with Crippen molar-refractivity contribution in [3.05, 3.63) is 23.8 Å². The van der Waals surface area contributed by atoms with E-state index in [4.69, 9.17) is 21.1 Å². The standard InChI is InChI=1S/C10H11NO6/c11-10(4-12,9(16)17)8(15)6-2-1-5(13)3-7(6)14/h1-3,12-14H,4,11H2,(H,16,17). The highest BCUT2D eigenvalue weighted by Crippen LogP contribution is 2.25. The van der Waals surface area contributed by atoms with Crippen molar-refractivity contribution in [3.63, 3.8) is 0 Å². The predicted octanol–water partition coefficient (Wildman–Crippen LogP) is -0.945. The van der Waals surface area contributed by atoms with E-state index < -0.39 is 29.6 Å². The van der Waals surface area contributed by atoms with Crippen molar-refractivity contribution in [2.45, 2.75) is 5.54 Å². The first-order valence-corrected chi connectivity index (χ1v) is 4.53. The summed E-state index contributed by atoms with van der Waals surface area (Å²) >= 11 is 0. The van der Waals surface area contributed by atoms with Crippen molar-refractivity contribution < 1.29 is 30.0 Å². The summed E-state index contributed by atoms with van der Waals surface area (Å²) in [6.45, 7) is -1.11. The van der Waals surface area contributed by atoms with Crippen LogP contribution in [0.3, 0.4) is 0 Å². The number of carboxylic acids is 1. The number of aliphatic hydroxyl groups is 1. The lowest BCUT2D eigenvalue weighted by Crippen LogP contribution is -2.57. The van der Waals surface area contributed by atoms with Crippen LogP contribution >= 0.6 is 0 Å². The van der Waals surface area contributed by atoms with E-state index in [-0.39, 0.29) is 11.3 Å². The van der Waals surface area contributed by atoms with Crippen molar-refractivity contribution >= 4 is 11.8 Å². The van der Waals surface area contributed by atoms with Crippen LogP contribution in [0.15, 0.2) is 18.2 Å². The highest BCUT2D eigenvalue weighted by molar-refractivity contribution is 6.17. The summed E-state index contributed by atoms with van der Waals surface area (Å²) < 4.78 is 0. The minimum Gasteiger partial charge on any atom is -0.508 e. The smallest absolute Gasteiger partial charge is 0.334 e. The molecular weight excluding hydrogens is 230 g/mol. The molecule has 1 unspecified atom stereocenters. The van der Waals surface area contributed by atoms with Crippen LogP contribution in [-0.2, 0) is 4.79 Å². The molecule has 0 saturated heterocycles. The van der Waals surface area contributed by atoms with Gasteiger partial charge in [-0.15, -0.1) is 0 Å². The summed E-state index contributed by atoms with van der Waals surface area (Å²) in [4.78, 5) is 22.6. The zero-order chi connectivity index (χ0) is 13.2. The number of aliphatic carboxylic acids is 1. The maximum absolute atomic E-state index is 11.8. The van der Waals surface area contributed by atoms with E-state index in [0.717, 1.165) is 18.2 Å². The third-order valence-corrected chi connectivity index (χ3v) is 2.26. The van der Waals surface area contributed by atoms with E-state index in [1.54, 1.807) is 0 Å². The first-order valence-electron chi connectivity index (χ1n) is 4.53. The fourth-order valence-electron chi connectivity index (χ4n) is 1.19. The molecule has 7 nitrogen and oxygen atoms in total. The van der Waals surface area contributed by atoms with Crippen molar-refractivity contribution in [2.75, 3.05) is 6.61 Å². The molecule has 0 aliphatic carbocycles. The second-order valence-electron chi connectivity index (χ2n) is 3.47. The van der Waals surface area contributed by atoms with Crippen LogP contribution in [0.4, 0.5) is 0 Å². The van der Waals surface area contributed by atoms with Gasteiger partial charge in [-0.25, -0.2) is 4.79 Å². The minimum atomic E-state index is -2.52. The van der Waals surface area contributed by atoms with Crippen LogP contribution < -0.4 is 5.73 Å². The number of hydrogen-bond acceptors (Lipinski definition) is 6. The number of aliphatic hydroxyl groups excluding tert-OH is 1. The van der Waals surface area contributed by atoms with Crippen LogP contribution in [-0.4, -0.2) is 44.3 Å². The number of phenols is 2. The van der Waals surface area contributed by atoms with Crippen molar-refractivity contribution in [1.82, 2.24) is 0 Å². The Hall–Kier alpha value is -2.12. The van der Waals surface area contributed by atoms with E-state index in [9.17, 15) is 14.7 Å². The Morgan fingerprint density at radius 2 is 1.88 bits per heavy atom. The second-order valence-corrected chi connectivity index (χ2v) is 3.47. The van der Waals surface area contributed by atoms with Crippen LogP contribution in [0, 0.1) is 0 Å². The van der Waals surface area contributed by atoms with Crippen LogP contribution in [0.25, 0.3) is 0 Å². The SMILES string of the molecule is NC(CO)(C(=O)O)C(=O)c1ccc(O)cc1O. The number of carbonyl (C=O) groups is 2. The third-order valence-electron chi connectivity index (χ3n) is 2.26. The molecule has 0 aliphatic heterocycles. The van der Waals surface area contributed by atoms with Gasteiger partial charge in [0.15, 0.2) is 5.78 Å². The summed E-state index contributed by atoms with van der Waals surface area (Å²) in [6, 6.07) is 2.98. The van der Waals surface area contributed by atoms with Gasteiger partial charge in [0.1, 0.15) is 11.5 Å². The van der Waals surface area contributed by atoms with Crippen LogP contribution in [0.5, 0.6) is 11.5 Å². The number of nitrogens with two attached hydrogens (primary N) is 1. The van der Waals surface area contributed by atoms with Gasteiger partial charge >= 0.3 is 5.97 Å². The molecule has 0 saturated carbocycles. The van der Waals surface area contributed by atoms with Gasteiger partial charge in [-0.2, -0.15) is 0 Å². The molecule has 1 aromatic carbocycles. The number of carbonyl (C=O) groups excluding carboxylic acids is 1. The zero-order valence-electron chi connectivity index (χ0n) is 8.62. The van der Waals surface area contributed by atoms with Crippen molar-refractivity contribution in [3.8, 4) is 11.5 Å². The Morgan fingerprint density at radius 1 is 1.29 bits per heavy atom. The molecule has 0 spiro atoms. The Labute approximate surface area is 95.7 Å². The molecule has 1 rings (SSSR count). The maximum Gasteiger partial charge on any atom is 0.334 e. The zero-order valence-corrected chi connectivity index (χ0v) is 8.62. The predicted molar refractivity (Wildman–Crippen MR) is 55.7 cm³/mol. The molecule has 0 fully saturated rings. The van der Waals surface area contributed by atoms with Gasteiger partial charge < -0.3 is 26.2 Å². The number of benzene rings is 1. The summed E-state index contributed by atoms with van der Waals surface area (Å²) in [5.74, 6) is -3.76. The Balaban J connectivity index is 3.24. The average molecular weight is 241 g/mol. The number of Topliss-reactive ketones (excluding diaryl/α,β-unsaturated/α-hetero) is 1. The molecule has 0 amide bonds. The molecule has 17 heavy (non-hydrogen) atoms. The number of phenolic OH excluding ortho intramolecular Hbond substituents is 2. The molecule has 1 aromatic rings. The first kappa shape index (κ1) is 12.9. The molecule has 0 heterocycles. The lowest BCUT2D eigenvalue weighted by Gasteiger charge is -2.20. The number of ketones is 1. The summed E-state index contributed by atoms with van der Waals surface area (Å²) in [5.41, 5.74) is 2.34. The van der Waals surface area contributed by atoms with E-state index >= 15 is 0 Å². The fraction of sp³-hybridized carbons (Fsp3) is 0.200. The number of hydrogen-bond donors (Lipinski definition) is 5. The molecule has 92 valence electrons. The molecule has 0 aliphatic rings. The summed E-state index contributed by atoms with van der Waals surface area (Å²) in [6.07, 6.45) is 0. The number of carboxylic acid groups (broad SMARTS) is 1. The highest BCUT2D eigenvalue weighted by Gasteiger charge is 2.43. The van der Waals surface area contributed by atoms with Gasteiger partial charge in [-0.05, 0) is 12.1 Å². The largest absolute Gasteiger partial charge is 0.508 e.